The highest BCUT2D eigenvalue weighted by Crippen LogP contribution is 2.31. The van der Waals surface area contributed by atoms with Gasteiger partial charge in [-0.2, -0.15) is 10.2 Å². The van der Waals surface area contributed by atoms with Crippen molar-refractivity contribution in [1.82, 2.24) is 19.4 Å². The third kappa shape index (κ3) is 4.36. The van der Waals surface area contributed by atoms with Crippen molar-refractivity contribution in [2.75, 3.05) is 26.1 Å². The number of ketones is 1. The van der Waals surface area contributed by atoms with Crippen LogP contribution in [0, 0.1) is 0 Å². The highest BCUT2D eigenvalue weighted by atomic mass is 16.5. The Hall–Kier alpha value is -4.37. The molecule has 36 heavy (non-hydrogen) atoms. The maximum absolute atomic E-state index is 14.1. The molecule has 0 aliphatic heterocycles. The van der Waals surface area contributed by atoms with Crippen LogP contribution in [0.4, 0.5) is 5.69 Å². The van der Waals surface area contributed by atoms with E-state index in [1.54, 1.807) is 41.6 Å². The quantitative estimate of drug-likeness (QED) is 0.306. The Morgan fingerprint density at radius 1 is 1.03 bits per heavy atom. The molecule has 3 aromatic heterocycles. The first kappa shape index (κ1) is 23.4. The lowest BCUT2D eigenvalue weighted by atomic mass is 10.0. The fraction of sp³-hybridized carbons (Fsp3) is 0.222. The lowest BCUT2D eigenvalue weighted by Crippen LogP contribution is -2.23. The van der Waals surface area contributed by atoms with Gasteiger partial charge in [0.2, 0.25) is 5.78 Å². The molecule has 1 atom stereocenters. The summed E-state index contributed by atoms with van der Waals surface area (Å²) in [4.78, 5) is 14.1. The summed E-state index contributed by atoms with van der Waals surface area (Å²) in [5.41, 5.74) is 4.16. The van der Waals surface area contributed by atoms with E-state index in [1.165, 1.54) is 0 Å². The van der Waals surface area contributed by atoms with Crippen LogP contribution in [0.15, 0.2) is 66.9 Å². The van der Waals surface area contributed by atoms with Gasteiger partial charge in [-0.3, -0.25) is 9.48 Å². The minimum absolute atomic E-state index is 0.0259. The number of carbonyl (C=O) groups excluding carboxylic acids is 1. The van der Waals surface area contributed by atoms with Gasteiger partial charge in [-0.25, -0.2) is 4.52 Å². The molecule has 2 N–H and O–H groups in total. The summed E-state index contributed by atoms with van der Waals surface area (Å²) in [7, 11) is 4.96. The number of pyridine rings is 1. The molecule has 2 aromatic carbocycles. The summed E-state index contributed by atoms with van der Waals surface area (Å²) < 4.78 is 14.3. The van der Waals surface area contributed by atoms with Crippen molar-refractivity contribution in [2.45, 2.75) is 12.5 Å². The minimum atomic E-state index is -0.832. The maximum atomic E-state index is 14.1. The van der Waals surface area contributed by atoms with Crippen LogP contribution in [-0.4, -0.2) is 51.1 Å². The number of anilines is 1. The topological polar surface area (TPSA) is 103 Å². The zero-order valence-electron chi connectivity index (χ0n) is 20.3. The Kier molecular flexibility index (Phi) is 6.30. The Morgan fingerprint density at radius 3 is 2.50 bits per heavy atom. The van der Waals surface area contributed by atoms with E-state index in [0.29, 0.717) is 35.0 Å². The van der Waals surface area contributed by atoms with Crippen LogP contribution in [0.5, 0.6) is 11.5 Å². The molecule has 0 amide bonds. The van der Waals surface area contributed by atoms with E-state index >= 15 is 0 Å². The van der Waals surface area contributed by atoms with Crippen LogP contribution in [0.1, 0.15) is 27.8 Å². The lowest BCUT2D eigenvalue weighted by Gasteiger charge is -2.18. The average molecular weight is 486 g/mol. The van der Waals surface area contributed by atoms with Gasteiger partial charge in [-0.1, -0.05) is 12.1 Å². The first-order chi connectivity index (χ1) is 17.5. The summed E-state index contributed by atoms with van der Waals surface area (Å²) >= 11 is 0. The molecule has 0 aliphatic carbocycles. The van der Waals surface area contributed by atoms with E-state index in [0.717, 1.165) is 22.0 Å². The number of hydrogen-bond acceptors (Lipinski definition) is 7. The Bertz CT molecular complexity index is 1500. The number of aliphatic hydroxyl groups is 1. The van der Waals surface area contributed by atoms with Crippen LogP contribution in [0.2, 0.25) is 0 Å². The average Bonchev–Trinajstić information content (AvgIpc) is 3.47. The monoisotopic (exact) mass is 485 g/mol. The lowest BCUT2D eigenvalue weighted by molar-refractivity contribution is 0.0964. The Morgan fingerprint density at radius 2 is 1.81 bits per heavy atom. The number of nitrogens with zero attached hydrogens (tertiary/aromatic N) is 4. The first-order valence-corrected chi connectivity index (χ1v) is 11.6. The van der Waals surface area contributed by atoms with E-state index in [4.69, 9.17) is 9.47 Å². The number of aromatic nitrogens is 4. The van der Waals surface area contributed by atoms with Crippen LogP contribution in [0.25, 0.3) is 16.4 Å². The molecule has 5 aromatic rings. The molecule has 3 heterocycles. The van der Waals surface area contributed by atoms with Crippen molar-refractivity contribution in [3.63, 3.8) is 0 Å². The largest absolute Gasteiger partial charge is 0.497 e. The van der Waals surface area contributed by atoms with Crippen LogP contribution < -0.4 is 14.8 Å². The van der Waals surface area contributed by atoms with Gasteiger partial charge in [0.25, 0.3) is 0 Å². The van der Waals surface area contributed by atoms with Gasteiger partial charge in [0.05, 0.1) is 30.9 Å². The Balaban J connectivity index is 1.63. The first-order valence-electron chi connectivity index (χ1n) is 11.6. The summed E-state index contributed by atoms with van der Waals surface area (Å²) in [5.74, 6) is 0.955. The van der Waals surface area contributed by atoms with Crippen LogP contribution >= 0.6 is 0 Å². The highest BCUT2D eigenvalue weighted by Gasteiger charge is 2.29. The molecule has 9 nitrogen and oxygen atoms in total. The fourth-order valence-corrected chi connectivity index (χ4v) is 4.35. The van der Waals surface area contributed by atoms with Gasteiger partial charge >= 0.3 is 0 Å². The number of benzene rings is 2. The van der Waals surface area contributed by atoms with Crippen LogP contribution in [-0.2, 0) is 13.5 Å². The molecule has 5 rings (SSSR count). The van der Waals surface area contributed by atoms with Gasteiger partial charge in [-0.05, 0) is 42.3 Å². The summed E-state index contributed by atoms with van der Waals surface area (Å²) in [6.45, 7) is 0.0259. The molecule has 0 spiro atoms. The summed E-state index contributed by atoms with van der Waals surface area (Å²) in [5, 5.41) is 22.7. The number of hydrogen-bond donors (Lipinski definition) is 2. The molecule has 0 bridgehead atoms. The zero-order chi connectivity index (χ0) is 25.2. The number of aliphatic hydroxyl groups excluding tert-OH is 1. The predicted octanol–water partition coefficient (Wildman–Crippen LogP) is 3.81. The summed E-state index contributed by atoms with van der Waals surface area (Å²) in [6, 6.07) is 17.9. The van der Waals surface area contributed by atoms with Crippen molar-refractivity contribution in [3.05, 3.63) is 83.8 Å². The third-order valence-electron chi connectivity index (χ3n) is 6.16. The van der Waals surface area contributed by atoms with E-state index in [1.807, 2.05) is 55.7 Å². The van der Waals surface area contributed by atoms with E-state index in [9.17, 15) is 9.90 Å². The highest BCUT2D eigenvalue weighted by molar-refractivity contribution is 6.10. The van der Waals surface area contributed by atoms with Crippen LogP contribution in [0.3, 0.4) is 0 Å². The van der Waals surface area contributed by atoms with Gasteiger partial charge < -0.3 is 19.9 Å². The number of ether oxygens (including phenoxy) is 2. The standard InChI is InChI=1S/C27H27N5O4/c1-31-24-8-7-17(9-11-33)12-22(24)25(30-31)27(34)26(23-15-19-6-4-5-10-32(19)29-23)28-18-13-20(35-2)16-21(14-18)36-3/h4-8,10,12-16,26,28,33H,9,11H2,1-3H3. The van der Waals surface area contributed by atoms with Gasteiger partial charge in [0.1, 0.15) is 23.2 Å². The normalized spacial score (nSPS) is 12.1. The van der Waals surface area contributed by atoms with Crippen molar-refractivity contribution >= 4 is 27.9 Å². The maximum Gasteiger partial charge on any atom is 0.212 e. The van der Waals surface area contributed by atoms with E-state index in [2.05, 4.69) is 15.5 Å². The minimum Gasteiger partial charge on any atom is -0.497 e. The molecule has 0 saturated carbocycles. The number of rotatable bonds is 9. The third-order valence-corrected chi connectivity index (χ3v) is 6.16. The number of methoxy groups -OCH3 is 2. The number of Topliss-reactive ketones (excluding diaryl/α,β-unsaturated/α-hetero) is 1. The fourth-order valence-electron chi connectivity index (χ4n) is 4.35. The predicted molar refractivity (Wildman–Crippen MR) is 137 cm³/mol. The SMILES string of the molecule is COc1cc(NC(C(=O)c2nn(C)c3ccc(CCO)cc23)c2cc3ccccn3n2)cc(OC)c1. The van der Waals surface area contributed by atoms with Crippen molar-refractivity contribution in [3.8, 4) is 11.5 Å². The van der Waals surface area contributed by atoms with Gasteiger partial charge in [0.15, 0.2) is 0 Å². The molecule has 9 heteroatoms. The smallest absolute Gasteiger partial charge is 0.212 e. The van der Waals surface area contributed by atoms with Crippen molar-refractivity contribution < 1.29 is 19.4 Å². The van der Waals surface area contributed by atoms with Gasteiger partial charge in [-0.15, -0.1) is 0 Å². The van der Waals surface area contributed by atoms with Crippen molar-refractivity contribution in [1.29, 1.82) is 0 Å². The molecule has 0 aliphatic rings. The number of aryl methyl sites for hydroxylation is 1. The molecular weight excluding hydrogens is 458 g/mol. The number of carbonyl (C=O) groups is 1. The summed E-state index contributed by atoms with van der Waals surface area (Å²) in [6.07, 6.45) is 2.34. The molecule has 0 radical (unpaired) electrons. The molecular formula is C27H27N5O4. The molecule has 0 saturated heterocycles. The zero-order valence-corrected chi connectivity index (χ0v) is 20.3. The van der Waals surface area contributed by atoms with Gasteiger partial charge in [0, 0.05) is 49.1 Å². The van der Waals surface area contributed by atoms with E-state index in [-0.39, 0.29) is 12.4 Å². The van der Waals surface area contributed by atoms with E-state index < -0.39 is 6.04 Å². The second kappa shape index (κ2) is 9.71. The van der Waals surface area contributed by atoms with Crippen molar-refractivity contribution in [2.24, 2.45) is 7.05 Å². The number of nitrogens with one attached hydrogen (secondary N) is 1. The second-order valence-electron chi connectivity index (χ2n) is 8.48. The molecule has 184 valence electrons. The second-order valence-corrected chi connectivity index (χ2v) is 8.48. The molecule has 0 fully saturated rings. The molecule has 1 unspecified atom stereocenters. The number of fused-ring (bicyclic) bond motifs is 2. The Labute approximate surface area is 207 Å².